The summed E-state index contributed by atoms with van der Waals surface area (Å²) in [5.41, 5.74) is 0.0438. The summed E-state index contributed by atoms with van der Waals surface area (Å²) in [6.45, 7) is 5.08. The van der Waals surface area contributed by atoms with Crippen LogP contribution in [-0.4, -0.2) is 55.9 Å². The van der Waals surface area contributed by atoms with Gasteiger partial charge in [-0.1, -0.05) is 30.3 Å². The summed E-state index contributed by atoms with van der Waals surface area (Å²) in [7, 11) is -3.73. The van der Waals surface area contributed by atoms with E-state index in [4.69, 9.17) is 13.7 Å². The lowest BCUT2D eigenvalue weighted by Gasteiger charge is -2.27. The summed E-state index contributed by atoms with van der Waals surface area (Å²) in [5.74, 6) is -0.635. The highest BCUT2D eigenvalue weighted by Crippen LogP contribution is 2.25. The SMILES string of the molecule is CC(C)(C)OC(=O)N1CC(OS(C)(=O)=O)CC1C(=O)OCc1ccccc1. The van der Waals surface area contributed by atoms with Gasteiger partial charge in [-0.25, -0.2) is 9.59 Å². The van der Waals surface area contributed by atoms with Crippen LogP contribution in [0.3, 0.4) is 0 Å². The average Bonchev–Trinajstić information content (AvgIpc) is 2.94. The number of benzene rings is 1. The zero-order valence-electron chi connectivity index (χ0n) is 15.9. The molecule has 150 valence electrons. The van der Waals surface area contributed by atoms with Crippen LogP contribution in [0.5, 0.6) is 0 Å². The van der Waals surface area contributed by atoms with Crippen molar-refractivity contribution in [3.05, 3.63) is 35.9 Å². The van der Waals surface area contributed by atoms with Crippen LogP contribution in [0.1, 0.15) is 32.8 Å². The second-order valence-electron chi connectivity index (χ2n) is 7.40. The van der Waals surface area contributed by atoms with Gasteiger partial charge in [-0.3, -0.25) is 9.08 Å². The fourth-order valence-electron chi connectivity index (χ4n) is 2.69. The number of rotatable bonds is 5. The van der Waals surface area contributed by atoms with Crippen LogP contribution in [-0.2, 0) is 35.2 Å². The first-order chi connectivity index (χ1) is 12.4. The Kier molecular flexibility index (Phi) is 6.48. The molecule has 9 heteroatoms. The van der Waals surface area contributed by atoms with Crippen molar-refractivity contribution in [1.29, 1.82) is 0 Å². The van der Waals surface area contributed by atoms with E-state index in [9.17, 15) is 18.0 Å². The first-order valence-corrected chi connectivity index (χ1v) is 10.3. The lowest BCUT2D eigenvalue weighted by Crippen LogP contribution is -2.44. The molecule has 0 spiro atoms. The van der Waals surface area contributed by atoms with Crippen molar-refractivity contribution < 1.29 is 31.7 Å². The second kappa shape index (κ2) is 8.26. The molecule has 1 aromatic rings. The highest BCUT2D eigenvalue weighted by atomic mass is 32.2. The minimum absolute atomic E-state index is 0.0138. The fraction of sp³-hybridized carbons (Fsp3) is 0.556. The van der Waals surface area contributed by atoms with Gasteiger partial charge in [-0.2, -0.15) is 8.42 Å². The van der Waals surface area contributed by atoms with E-state index >= 15 is 0 Å². The Morgan fingerprint density at radius 3 is 2.37 bits per heavy atom. The summed E-state index contributed by atoms with van der Waals surface area (Å²) >= 11 is 0. The zero-order chi connectivity index (χ0) is 20.2. The Balaban J connectivity index is 2.10. The first-order valence-electron chi connectivity index (χ1n) is 8.53. The number of ether oxygens (including phenoxy) is 2. The Hall–Kier alpha value is -2.13. The first kappa shape index (κ1) is 21.2. The number of nitrogens with zero attached hydrogens (tertiary/aromatic N) is 1. The fourth-order valence-corrected chi connectivity index (χ4v) is 3.32. The highest BCUT2D eigenvalue weighted by molar-refractivity contribution is 7.86. The van der Waals surface area contributed by atoms with Gasteiger partial charge in [0.2, 0.25) is 0 Å². The van der Waals surface area contributed by atoms with Crippen molar-refractivity contribution in [3.8, 4) is 0 Å². The van der Waals surface area contributed by atoms with E-state index in [1.807, 2.05) is 30.3 Å². The number of carbonyl (C=O) groups is 2. The van der Waals surface area contributed by atoms with Crippen LogP contribution in [0.15, 0.2) is 30.3 Å². The van der Waals surface area contributed by atoms with Crippen LogP contribution >= 0.6 is 0 Å². The zero-order valence-corrected chi connectivity index (χ0v) is 16.7. The molecule has 1 aliphatic rings. The molecule has 1 heterocycles. The van der Waals surface area contributed by atoms with Crippen LogP contribution < -0.4 is 0 Å². The molecule has 27 heavy (non-hydrogen) atoms. The van der Waals surface area contributed by atoms with Gasteiger partial charge in [0.1, 0.15) is 18.2 Å². The van der Waals surface area contributed by atoms with Gasteiger partial charge >= 0.3 is 12.1 Å². The van der Waals surface area contributed by atoms with Gasteiger partial charge in [0.25, 0.3) is 10.1 Å². The molecular formula is C18H25NO7S. The highest BCUT2D eigenvalue weighted by Gasteiger charge is 2.44. The number of hydrogen-bond donors (Lipinski definition) is 0. The van der Waals surface area contributed by atoms with Gasteiger partial charge in [0.05, 0.1) is 18.9 Å². The molecule has 0 saturated carbocycles. The van der Waals surface area contributed by atoms with Gasteiger partial charge < -0.3 is 9.47 Å². The van der Waals surface area contributed by atoms with E-state index in [0.717, 1.165) is 16.7 Å². The van der Waals surface area contributed by atoms with Crippen molar-refractivity contribution >= 4 is 22.2 Å². The molecular weight excluding hydrogens is 374 g/mol. The van der Waals surface area contributed by atoms with Crippen molar-refractivity contribution in [2.75, 3.05) is 12.8 Å². The molecule has 0 N–H and O–H groups in total. The van der Waals surface area contributed by atoms with E-state index in [2.05, 4.69) is 0 Å². The molecule has 2 unspecified atom stereocenters. The molecule has 0 radical (unpaired) electrons. The molecule has 0 bridgehead atoms. The number of amides is 1. The predicted octanol–water partition coefficient (Wildman–Crippen LogP) is 2.08. The average molecular weight is 399 g/mol. The van der Waals surface area contributed by atoms with E-state index in [-0.39, 0.29) is 19.6 Å². The maximum atomic E-state index is 12.5. The molecule has 1 fully saturated rings. The molecule has 2 rings (SSSR count). The third-order valence-electron chi connectivity index (χ3n) is 3.70. The largest absolute Gasteiger partial charge is 0.459 e. The summed E-state index contributed by atoms with van der Waals surface area (Å²) in [6, 6.07) is 8.13. The maximum absolute atomic E-state index is 12.5. The summed E-state index contributed by atoms with van der Waals surface area (Å²) in [4.78, 5) is 26.1. The van der Waals surface area contributed by atoms with Gasteiger partial charge in [-0.15, -0.1) is 0 Å². The van der Waals surface area contributed by atoms with E-state index < -0.39 is 39.9 Å². The number of esters is 1. The topological polar surface area (TPSA) is 99.2 Å². The van der Waals surface area contributed by atoms with E-state index in [1.54, 1.807) is 20.8 Å². The van der Waals surface area contributed by atoms with Crippen molar-refractivity contribution in [2.24, 2.45) is 0 Å². The molecule has 1 amide bonds. The standard InChI is InChI=1S/C18H25NO7S/c1-18(2,3)25-17(21)19-11-14(26-27(4,22)23)10-15(19)16(20)24-12-13-8-6-5-7-9-13/h5-9,14-15H,10-12H2,1-4H3. The monoisotopic (exact) mass is 399 g/mol. The Labute approximate surface area is 159 Å². The lowest BCUT2D eigenvalue weighted by molar-refractivity contribution is -0.150. The molecule has 8 nitrogen and oxygen atoms in total. The second-order valence-corrected chi connectivity index (χ2v) is 9.00. The van der Waals surface area contributed by atoms with Crippen molar-refractivity contribution in [2.45, 2.75) is 51.5 Å². The predicted molar refractivity (Wildman–Crippen MR) is 97.3 cm³/mol. The van der Waals surface area contributed by atoms with Crippen LogP contribution in [0.4, 0.5) is 4.79 Å². The minimum Gasteiger partial charge on any atom is -0.459 e. The quantitative estimate of drug-likeness (QED) is 0.552. The Bertz CT molecular complexity index is 771. The minimum atomic E-state index is -3.73. The molecule has 1 saturated heterocycles. The molecule has 1 aliphatic heterocycles. The van der Waals surface area contributed by atoms with Crippen LogP contribution in [0, 0.1) is 0 Å². The molecule has 0 aliphatic carbocycles. The van der Waals surface area contributed by atoms with Crippen LogP contribution in [0.25, 0.3) is 0 Å². The summed E-state index contributed by atoms with van der Waals surface area (Å²) in [5, 5.41) is 0. The normalized spacial score (nSPS) is 20.4. The third-order valence-corrected chi connectivity index (χ3v) is 4.32. The summed E-state index contributed by atoms with van der Waals surface area (Å²) < 4.78 is 38.4. The molecule has 2 atom stereocenters. The van der Waals surface area contributed by atoms with Crippen LogP contribution in [0.2, 0.25) is 0 Å². The molecule has 1 aromatic carbocycles. The number of hydrogen-bond acceptors (Lipinski definition) is 7. The van der Waals surface area contributed by atoms with Gasteiger partial charge in [0, 0.05) is 6.42 Å². The third kappa shape index (κ3) is 6.84. The number of carbonyl (C=O) groups excluding carboxylic acids is 2. The Morgan fingerprint density at radius 2 is 1.81 bits per heavy atom. The van der Waals surface area contributed by atoms with E-state index in [1.165, 1.54) is 0 Å². The Morgan fingerprint density at radius 1 is 1.19 bits per heavy atom. The van der Waals surface area contributed by atoms with Gasteiger partial charge in [-0.05, 0) is 26.3 Å². The van der Waals surface area contributed by atoms with Crippen molar-refractivity contribution in [1.82, 2.24) is 4.90 Å². The number of likely N-dealkylation sites (tertiary alicyclic amines) is 1. The summed E-state index contributed by atoms with van der Waals surface area (Å²) in [6.07, 6.45) is -0.614. The van der Waals surface area contributed by atoms with Crippen molar-refractivity contribution in [3.63, 3.8) is 0 Å². The maximum Gasteiger partial charge on any atom is 0.411 e. The van der Waals surface area contributed by atoms with Gasteiger partial charge in [0.15, 0.2) is 0 Å². The molecule has 0 aromatic heterocycles. The smallest absolute Gasteiger partial charge is 0.411 e. The van der Waals surface area contributed by atoms with E-state index in [0.29, 0.717) is 0 Å². The lowest BCUT2D eigenvalue weighted by atomic mass is 10.2.